The van der Waals surface area contributed by atoms with Gasteiger partial charge < -0.3 is 15.3 Å². The third-order valence-electron chi connectivity index (χ3n) is 2.32. The number of rotatable bonds is 3. The summed E-state index contributed by atoms with van der Waals surface area (Å²) in [4.78, 5) is 23.6. The maximum atomic E-state index is 11.5. The minimum atomic E-state index is -0.908. The summed E-state index contributed by atoms with van der Waals surface area (Å²) in [6, 6.07) is -0.886. The van der Waals surface area contributed by atoms with Crippen molar-refractivity contribution >= 4 is 12.0 Å². The molecule has 0 saturated carbocycles. The first kappa shape index (κ1) is 10.8. The average molecular weight is 200 g/mol. The van der Waals surface area contributed by atoms with Crippen LogP contribution >= 0.6 is 0 Å². The number of aliphatic carboxylic acids is 1. The Morgan fingerprint density at radius 3 is 2.86 bits per heavy atom. The number of hydrogen-bond donors (Lipinski definition) is 2. The van der Waals surface area contributed by atoms with Gasteiger partial charge in [-0.05, 0) is 19.3 Å². The van der Waals surface area contributed by atoms with Crippen molar-refractivity contribution < 1.29 is 14.7 Å². The Morgan fingerprint density at radius 2 is 2.29 bits per heavy atom. The standard InChI is InChI=1S/C9H16N2O3/c1-2-5-10-9(14)11-6-3-4-7(11)8(12)13/h7H,2-6H2,1H3,(H,10,14)(H,12,13). The SMILES string of the molecule is CCCNC(=O)N1CCCC1C(=O)O. The Kier molecular flexibility index (Phi) is 3.73. The van der Waals surface area contributed by atoms with E-state index in [4.69, 9.17) is 5.11 Å². The zero-order valence-corrected chi connectivity index (χ0v) is 8.32. The van der Waals surface area contributed by atoms with Gasteiger partial charge in [0, 0.05) is 13.1 Å². The molecule has 1 unspecified atom stereocenters. The van der Waals surface area contributed by atoms with Crippen LogP contribution in [-0.2, 0) is 4.79 Å². The van der Waals surface area contributed by atoms with Crippen LogP contribution in [-0.4, -0.2) is 41.1 Å². The molecular formula is C9H16N2O3. The molecule has 2 amide bonds. The second-order valence-electron chi connectivity index (χ2n) is 3.42. The van der Waals surface area contributed by atoms with Crippen molar-refractivity contribution in [3.63, 3.8) is 0 Å². The number of amides is 2. The molecule has 5 nitrogen and oxygen atoms in total. The molecule has 1 heterocycles. The van der Waals surface area contributed by atoms with Gasteiger partial charge in [0.05, 0.1) is 0 Å². The van der Waals surface area contributed by atoms with E-state index in [0.29, 0.717) is 19.5 Å². The zero-order valence-electron chi connectivity index (χ0n) is 8.32. The summed E-state index contributed by atoms with van der Waals surface area (Å²) < 4.78 is 0. The van der Waals surface area contributed by atoms with Crippen LogP contribution in [0.25, 0.3) is 0 Å². The molecular weight excluding hydrogens is 184 g/mol. The lowest BCUT2D eigenvalue weighted by Gasteiger charge is -2.21. The Bertz CT molecular complexity index is 230. The van der Waals surface area contributed by atoms with Gasteiger partial charge in [0.15, 0.2) is 0 Å². The molecule has 14 heavy (non-hydrogen) atoms. The van der Waals surface area contributed by atoms with Gasteiger partial charge in [0.25, 0.3) is 0 Å². The molecule has 5 heteroatoms. The maximum absolute atomic E-state index is 11.5. The molecule has 0 spiro atoms. The fourth-order valence-electron chi connectivity index (χ4n) is 1.60. The highest BCUT2D eigenvalue weighted by atomic mass is 16.4. The van der Waals surface area contributed by atoms with Crippen molar-refractivity contribution in [3.8, 4) is 0 Å². The average Bonchev–Trinajstić information content (AvgIpc) is 2.62. The summed E-state index contributed by atoms with van der Waals surface area (Å²) in [7, 11) is 0. The molecule has 1 aliphatic rings. The summed E-state index contributed by atoms with van der Waals surface area (Å²) in [5.74, 6) is -0.908. The summed E-state index contributed by atoms with van der Waals surface area (Å²) in [5.41, 5.74) is 0. The molecule has 80 valence electrons. The second kappa shape index (κ2) is 4.83. The zero-order chi connectivity index (χ0) is 10.6. The van der Waals surface area contributed by atoms with Crippen LogP contribution in [0, 0.1) is 0 Å². The Labute approximate surface area is 83.1 Å². The van der Waals surface area contributed by atoms with E-state index >= 15 is 0 Å². The molecule has 1 saturated heterocycles. The first-order valence-electron chi connectivity index (χ1n) is 4.94. The van der Waals surface area contributed by atoms with Gasteiger partial charge in [-0.15, -0.1) is 0 Å². The largest absolute Gasteiger partial charge is 0.480 e. The first-order chi connectivity index (χ1) is 6.66. The number of nitrogens with zero attached hydrogens (tertiary/aromatic N) is 1. The number of urea groups is 1. The number of carboxylic acids is 1. The van der Waals surface area contributed by atoms with E-state index in [1.54, 1.807) is 0 Å². The number of carbonyl (C=O) groups excluding carboxylic acids is 1. The normalized spacial score (nSPS) is 20.9. The predicted octanol–water partition coefficient (Wildman–Crippen LogP) is 0.655. The van der Waals surface area contributed by atoms with Crippen LogP contribution in [0.15, 0.2) is 0 Å². The molecule has 1 rings (SSSR count). The quantitative estimate of drug-likeness (QED) is 0.703. The van der Waals surface area contributed by atoms with Crippen molar-refractivity contribution in [1.29, 1.82) is 0 Å². The highest BCUT2D eigenvalue weighted by molar-refractivity contribution is 5.83. The molecule has 0 aromatic rings. The number of likely N-dealkylation sites (tertiary alicyclic amines) is 1. The van der Waals surface area contributed by atoms with Crippen molar-refractivity contribution in [1.82, 2.24) is 10.2 Å². The van der Waals surface area contributed by atoms with Crippen LogP contribution in [0.2, 0.25) is 0 Å². The van der Waals surface area contributed by atoms with Gasteiger partial charge >= 0.3 is 12.0 Å². The number of nitrogens with one attached hydrogen (secondary N) is 1. The summed E-state index contributed by atoms with van der Waals surface area (Å²) in [6.07, 6.45) is 2.20. The minimum absolute atomic E-state index is 0.253. The highest BCUT2D eigenvalue weighted by Crippen LogP contribution is 2.16. The van der Waals surface area contributed by atoms with Gasteiger partial charge in [-0.25, -0.2) is 9.59 Å². The molecule has 0 bridgehead atoms. The van der Waals surface area contributed by atoms with E-state index in [-0.39, 0.29) is 6.03 Å². The summed E-state index contributed by atoms with van der Waals surface area (Å²) >= 11 is 0. The number of carbonyl (C=O) groups is 2. The van der Waals surface area contributed by atoms with Crippen LogP contribution in [0.4, 0.5) is 4.79 Å². The lowest BCUT2D eigenvalue weighted by Crippen LogP contribution is -2.46. The smallest absolute Gasteiger partial charge is 0.326 e. The third-order valence-corrected chi connectivity index (χ3v) is 2.32. The Hall–Kier alpha value is -1.26. The van der Waals surface area contributed by atoms with Crippen LogP contribution < -0.4 is 5.32 Å². The lowest BCUT2D eigenvalue weighted by molar-refractivity contribution is -0.141. The van der Waals surface area contributed by atoms with E-state index in [2.05, 4.69) is 5.32 Å². The third kappa shape index (κ3) is 2.37. The fraction of sp³-hybridized carbons (Fsp3) is 0.778. The molecule has 2 N–H and O–H groups in total. The van der Waals surface area contributed by atoms with E-state index < -0.39 is 12.0 Å². The second-order valence-corrected chi connectivity index (χ2v) is 3.42. The molecule has 1 fully saturated rings. The van der Waals surface area contributed by atoms with E-state index in [1.165, 1.54) is 4.90 Å². The molecule has 1 atom stereocenters. The van der Waals surface area contributed by atoms with Gasteiger partial charge in [-0.2, -0.15) is 0 Å². The summed E-state index contributed by atoms with van der Waals surface area (Å²) in [6.45, 7) is 3.10. The molecule has 1 aliphatic heterocycles. The first-order valence-corrected chi connectivity index (χ1v) is 4.94. The lowest BCUT2D eigenvalue weighted by atomic mass is 10.2. The van der Waals surface area contributed by atoms with E-state index in [9.17, 15) is 9.59 Å². The predicted molar refractivity (Wildman–Crippen MR) is 51.1 cm³/mol. The van der Waals surface area contributed by atoms with E-state index in [0.717, 1.165) is 12.8 Å². The highest BCUT2D eigenvalue weighted by Gasteiger charge is 2.33. The van der Waals surface area contributed by atoms with Crippen molar-refractivity contribution in [2.24, 2.45) is 0 Å². The Morgan fingerprint density at radius 1 is 1.57 bits per heavy atom. The molecule has 0 aromatic heterocycles. The number of hydrogen-bond acceptors (Lipinski definition) is 2. The van der Waals surface area contributed by atoms with Gasteiger partial charge in [-0.3, -0.25) is 0 Å². The minimum Gasteiger partial charge on any atom is -0.480 e. The van der Waals surface area contributed by atoms with Crippen molar-refractivity contribution in [3.05, 3.63) is 0 Å². The van der Waals surface area contributed by atoms with Gasteiger partial charge in [-0.1, -0.05) is 6.92 Å². The molecule has 0 aromatic carbocycles. The van der Waals surface area contributed by atoms with E-state index in [1.807, 2.05) is 6.92 Å². The van der Waals surface area contributed by atoms with Crippen molar-refractivity contribution in [2.75, 3.05) is 13.1 Å². The van der Waals surface area contributed by atoms with Crippen LogP contribution in [0.5, 0.6) is 0 Å². The monoisotopic (exact) mass is 200 g/mol. The van der Waals surface area contributed by atoms with Gasteiger partial charge in [0.2, 0.25) is 0 Å². The van der Waals surface area contributed by atoms with Crippen LogP contribution in [0.1, 0.15) is 26.2 Å². The van der Waals surface area contributed by atoms with Gasteiger partial charge in [0.1, 0.15) is 6.04 Å². The molecule has 0 aliphatic carbocycles. The fourth-order valence-corrected chi connectivity index (χ4v) is 1.60. The van der Waals surface area contributed by atoms with Crippen LogP contribution in [0.3, 0.4) is 0 Å². The Balaban J connectivity index is 2.49. The maximum Gasteiger partial charge on any atom is 0.326 e. The molecule has 0 radical (unpaired) electrons. The van der Waals surface area contributed by atoms with Crippen molar-refractivity contribution in [2.45, 2.75) is 32.2 Å². The number of carboxylic acid groups (broad SMARTS) is 1. The topological polar surface area (TPSA) is 69.6 Å². The summed E-state index contributed by atoms with van der Waals surface area (Å²) in [5, 5.41) is 11.5.